The van der Waals surface area contributed by atoms with E-state index in [0.717, 1.165) is 11.6 Å². The van der Waals surface area contributed by atoms with Gasteiger partial charge in [-0.2, -0.15) is 0 Å². The summed E-state index contributed by atoms with van der Waals surface area (Å²) in [4.78, 5) is 12.1. The maximum absolute atomic E-state index is 13.0. The van der Waals surface area contributed by atoms with Crippen LogP contribution in [0.25, 0.3) is 0 Å². The lowest BCUT2D eigenvalue weighted by molar-refractivity contribution is 0.0940. The second-order valence-electron chi connectivity index (χ2n) is 4.22. The third-order valence-corrected chi connectivity index (χ3v) is 3.46. The summed E-state index contributed by atoms with van der Waals surface area (Å²) in [6, 6.07) is 12.7. The van der Waals surface area contributed by atoms with Crippen molar-refractivity contribution in [2.45, 2.75) is 6.04 Å². The number of benzene rings is 2. The topological polar surface area (TPSA) is 29.1 Å². The predicted octanol–water partition coefficient (Wildman–Crippen LogP) is 4.19. The molecule has 1 unspecified atom stereocenters. The molecule has 0 saturated carbocycles. The Hall–Kier alpha value is -1.58. The number of hydrogen-bond acceptors (Lipinski definition) is 1. The molecule has 0 aliphatic carbocycles. The zero-order valence-corrected chi connectivity index (χ0v) is 12.0. The van der Waals surface area contributed by atoms with Gasteiger partial charge in [0.2, 0.25) is 0 Å². The van der Waals surface area contributed by atoms with Crippen LogP contribution in [0.5, 0.6) is 0 Å². The predicted molar refractivity (Wildman–Crippen MR) is 78.8 cm³/mol. The molecular weight excluding hydrogens is 300 g/mol. The number of carbonyl (C=O) groups excluding carboxylic acids is 1. The Morgan fingerprint density at radius 3 is 2.50 bits per heavy atom. The average Bonchev–Trinajstić information content (AvgIpc) is 2.45. The molecule has 0 aliphatic heterocycles. The Kier molecular flexibility index (Phi) is 4.99. The Morgan fingerprint density at radius 1 is 1.20 bits per heavy atom. The van der Waals surface area contributed by atoms with Gasteiger partial charge in [0.05, 0.1) is 16.6 Å². The van der Waals surface area contributed by atoms with Gasteiger partial charge in [0.15, 0.2) is 0 Å². The van der Waals surface area contributed by atoms with Crippen molar-refractivity contribution in [2.24, 2.45) is 0 Å². The third kappa shape index (κ3) is 3.50. The molecule has 2 rings (SSSR count). The van der Waals surface area contributed by atoms with Crippen molar-refractivity contribution in [3.05, 3.63) is 70.5 Å². The molecule has 0 aromatic heterocycles. The lowest BCUT2D eigenvalue weighted by atomic mass is 10.1. The summed E-state index contributed by atoms with van der Waals surface area (Å²) >= 11 is 11.8. The molecule has 104 valence electrons. The molecule has 1 amide bonds. The van der Waals surface area contributed by atoms with E-state index in [1.54, 1.807) is 0 Å². The molecule has 2 nitrogen and oxygen atoms in total. The summed E-state index contributed by atoms with van der Waals surface area (Å²) < 4.78 is 13.0. The Morgan fingerprint density at radius 2 is 1.90 bits per heavy atom. The zero-order chi connectivity index (χ0) is 14.5. The molecule has 20 heavy (non-hydrogen) atoms. The van der Waals surface area contributed by atoms with E-state index in [4.69, 9.17) is 23.2 Å². The number of hydrogen-bond donors (Lipinski definition) is 1. The molecule has 5 heteroatoms. The number of alkyl halides is 1. The highest BCUT2D eigenvalue weighted by Gasteiger charge is 2.17. The lowest BCUT2D eigenvalue weighted by Gasteiger charge is -2.17. The highest BCUT2D eigenvalue weighted by atomic mass is 35.5. The molecule has 0 aliphatic rings. The molecule has 2 aromatic carbocycles. The van der Waals surface area contributed by atoms with Gasteiger partial charge in [0.25, 0.3) is 5.91 Å². The van der Waals surface area contributed by atoms with Crippen LogP contribution in [0.2, 0.25) is 5.02 Å². The van der Waals surface area contributed by atoms with Gasteiger partial charge in [-0.15, -0.1) is 11.6 Å². The molecule has 0 fully saturated rings. The highest BCUT2D eigenvalue weighted by Crippen LogP contribution is 2.20. The van der Waals surface area contributed by atoms with Gasteiger partial charge in [-0.3, -0.25) is 4.79 Å². The van der Waals surface area contributed by atoms with Gasteiger partial charge in [0, 0.05) is 5.88 Å². The van der Waals surface area contributed by atoms with E-state index in [1.807, 2.05) is 30.3 Å². The van der Waals surface area contributed by atoms with E-state index in [1.165, 1.54) is 12.1 Å². The number of nitrogens with one attached hydrogen (secondary N) is 1. The zero-order valence-electron chi connectivity index (χ0n) is 10.4. The molecule has 0 heterocycles. The van der Waals surface area contributed by atoms with Gasteiger partial charge >= 0.3 is 0 Å². The first-order chi connectivity index (χ1) is 9.61. The summed E-state index contributed by atoms with van der Waals surface area (Å²) in [5, 5.41) is 2.85. The monoisotopic (exact) mass is 311 g/mol. The second kappa shape index (κ2) is 6.73. The van der Waals surface area contributed by atoms with Crippen LogP contribution in [0.15, 0.2) is 48.5 Å². The van der Waals surface area contributed by atoms with E-state index < -0.39 is 5.82 Å². The van der Waals surface area contributed by atoms with Crippen molar-refractivity contribution < 1.29 is 9.18 Å². The van der Waals surface area contributed by atoms with Crippen LogP contribution in [0.3, 0.4) is 0 Å². The minimum absolute atomic E-state index is 0.0730. The van der Waals surface area contributed by atoms with Crippen molar-refractivity contribution in [3.63, 3.8) is 0 Å². The smallest absolute Gasteiger partial charge is 0.253 e. The SMILES string of the molecule is O=C(NC(CCl)c1ccccc1)c1ccc(F)cc1Cl. The molecule has 0 saturated heterocycles. The summed E-state index contributed by atoms with van der Waals surface area (Å²) in [5.41, 5.74) is 1.12. The van der Waals surface area contributed by atoms with Gasteiger partial charge < -0.3 is 5.32 Å². The quantitative estimate of drug-likeness (QED) is 0.843. The van der Waals surface area contributed by atoms with Crippen molar-refractivity contribution in [2.75, 3.05) is 5.88 Å². The van der Waals surface area contributed by atoms with Crippen molar-refractivity contribution >= 4 is 29.1 Å². The first-order valence-corrected chi connectivity index (χ1v) is 6.90. The first-order valence-electron chi connectivity index (χ1n) is 5.98. The Bertz CT molecular complexity index is 604. The van der Waals surface area contributed by atoms with Crippen LogP contribution in [0.4, 0.5) is 4.39 Å². The summed E-state index contributed by atoms with van der Waals surface area (Å²) in [7, 11) is 0. The molecule has 0 spiro atoms. The van der Waals surface area contributed by atoms with Gasteiger partial charge in [0.1, 0.15) is 5.82 Å². The summed E-state index contributed by atoms with van der Waals surface area (Å²) in [6.07, 6.45) is 0. The molecule has 1 N–H and O–H groups in total. The molecule has 0 bridgehead atoms. The maximum Gasteiger partial charge on any atom is 0.253 e. The molecular formula is C15H12Cl2FNO. The van der Waals surface area contributed by atoms with E-state index >= 15 is 0 Å². The molecule has 2 aromatic rings. The van der Waals surface area contributed by atoms with Crippen molar-refractivity contribution in [1.82, 2.24) is 5.32 Å². The molecule has 1 atom stereocenters. The van der Waals surface area contributed by atoms with Crippen molar-refractivity contribution in [3.8, 4) is 0 Å². The average molecular weight is 312 g/mol. The van der Waals surface area contributed by atoms with Gasteiger partial charge in [-0.1, -0.05) is 41.9 Å². The van der Waals surface area contributed by atoms with Crippen LogP contribution in [0, 0.1) is 5.82 Å². The van der Waals surface area contributed by atoms with Crippen LogP contribution in [0.1, 0.15) is 22.0 Å². The van der Waals surface area contributed by atoms with Crippen LogP contribution in [-0.4, -0.2) is 11.8 Å². The highest BCUT2D eigenvalue weighted by molar-refractivity contribution is 6.33. The number of rotatable bonds is 4. The second-order valence-corrected chi connectivity index (χ2v) is 4.93. The summed E-state index contributed by atoms with van der Waals surface area (Å²) in [6.45, 7) is 0. The fraction of sp³-hybridized carbons (Fsp3) is 0.133. The van der Waals surface area contributed by atoms with Gasteiger partial charge in [-0.05, 0) is 23.8 Å². The van der Waals surface area contributed by atoms with E-state index in [-0.39, 0.29) is 28.4 Å². The normalized spacial score (nSPS) is 11.9. The fourth-order valence-corrected chi connectivity index (χ4v) is 2.31. The number of halogens is 3. The van der Waals surface area contributed by atoms with E-state index in [0.29, 0.717) is 0 Å². The maximum atomic E-state index is 13.0. The van der Waals surface area contributed by atoms with Gasteiger partial charge in [-0.25, -0.2) is 4.39 Å². The van der Waals surface area contributed by atoms with E-state index in [9.17, 15) is 9.18 Å². The first kappa shape index (κ1) is 14.8. The minimum atomic E-state index is -0.483. The lowest BCUT2D eigenvalue weighted by Crippen LogP contribution is -2.29. The standard InChI is InChI=1S/C15H12Cl2FNO/c16-9-14(10-4-2-1-3-5-10)19-15(20)12-7-6-11(18)8-13(12)17/h1-8,14H,9H2,(H,19,20). The minimum Gasteiger partial charge on any atom is -0.344 e. The van der Waals surface area contributed by atoms with Crippen LogP contribution >= 0.6 is 23.2 Å². The molecule has 0 radical (unpaired) electrons. The van der Waals surface area contributed by atoms with E-state index in [2.05, 4.69) is 5.32 Å². The van der Waals surface area contributed by atoms with Crippen molar-refractivity contribution in [1.29, 1.82) is 0 Å². The number of amides is 1. The summed E-state index contributed by atoms with van der Waals surface area (Å²) in [5.74, 6) is -0.637. The Labute approximate surface area is 126 Å². The van der Waals surface area contributed by atoms with Crippen LogP contribution < -0.4 is 5.32 Å². The fourth-order valence-electron chi connectivity index (χ4n) is 1.81. The third-order valence-electron chi connectivity index (χ3n) is 2.84. The largest absolute Gasteiger partial charge is 0.344 e. The Balaban J connectivity index is 2.17. The number of carbonyl (C=O) groups is 1. The van der Waals surface area contributed by atoms with Crippen LogP contribution in [-0.2, 0) is 0 Å².